The molecular weight excluding hydrogens is 334 g/mol. The number of benzene rings is 1. The van der Waals surface area contributed by atoms with E-state index in [2.05, 4.69) is 31.9 Å². The Balaban J connectivity index is 2.60. The molecule has 0 atom stereocenters. The predicted octanol–water partition coefficient (Wildman–Crippen LogP) is 4.28. The summed E-state index contributed by atoms with van der Waals surface area (Å²) in [5.74, 6) is -1.88. The van der Waals surface area contributed by atoms with E-state index in [4.69, 9.17) is 4.74 Å². The summed E-state index contributed by atoms with van der Waals surface area (Å²) in [6.07, 6.45) is 1.75. The number of ether oxygens (including phenoxy) is 1. The van der Waals surface area contributed by atoms with Gasteiger partial charge in [0.25, 0.3) is 0 Å². The van der Waals surface area contributed by atoms with Crippen molar-refractivity contribution < 1.29 is 13.5 Å². The van der Waals surface area contributed by atoms with E-state index in [1.165, 1.54) is 6.07 Å². The highest BCUT2D eigenvalue weighted by molar-refractivity contribution is 9.10. The molecular formula is C10H10Br2F2O. The third kappa shape index (κ3) is 4.07. The zero-order chi connectivity index (χ0) is 11.3. The van der Waals surface area contributed by atoms with Crippen molar-refractivity contribution in [1.82, 2.24) is 0 Å². The minimum Gasteiger partial charge on any atom is -0.490 e. The van der Waals surface area contributed by atoms with Gasteiger partial charge < -0.3 is 4.74 Å². The molecule has 0 bridgehead atoms. The summed E-state index contributed by atoms with van der Waals surface area (Å²) in [6.45, 7) is 0.387. The average molecular weight is 344 g/mol. The molecule has 15 heavy (non-hydrogen) atoms. The molecule has 0 radical (unpaired) electrons. The Morgan fingerprint density at radius 1 is 1.20 bits per heavy atom. The van der Waals surface area contributed by atoms with E-state index < -0.39 is 11.6 Å². The molecule has 0 aliphatic carbocycles. The van der Waals surface area contributed by atoms with E-state index in [-0.39, 0.29) is 5.75 Å². The fourth-order valence-electron chi connectivity index (χ4n) is 1.02. The Labute approximate surface area is 104 Å². The van der Waals surface area contributed by atoms with Crippen molar-refractivity contribution in [1.29, 1.82) is 0 Å². The largest absolute Gasteiger partial charge is 0.490 e. The average Bonchev–Trinajstić information content (AvgIpc) is 2.19. The van der Waals surface area contributed by atoms with Crippen molar-refractivity contribution in [3.63, 3.8) is 0 Å². The summed E-state index contributed by atoms with van der Waals surface area (Å²) in [7, 11) is 0. The molecule has 0 saturated carbocycles. The maximum Gasteiger partial charge on any atom is 0.200 e. The molecule has 1 nitrogen and oxygen atoms in total. The molecule has 0 heterocycles. The summed E-state index contributed by atoms with van der Waals surface area (Å²) in [5.41, 5.74) is 0. The predicted molar refractivity (Wildman–Crippen MR) is 62.6 cm³/mol. The van der Waals surface area contributed by atoms with E-state index in [1.54, 1.807) is 0 Å². The lowest BCUT2D eigenvalue weighted by molar-refractivity contribution is 0.289. The van der Waals surface area contributed by atoms with Gasteiger partial charge in [-0.2, -0.15) is 4.39 Å². The molecule has 0 unspecified atom stereocenters. The maximum atomic E-state index is 13.2. The number of rotatable bonds is 5. The third-order valence-electron chi connectivity index (χ3n) is 1.75. The number of halogens is 4. The number of alkyl halides is 1. The first-order chi connectivity index (χ1) is 7.15. The number of unbranched alkanes of at least 4 members (excludes halogenated alkanes) is 1. The van der Waals surface area contributed by atoms with Gasteiger partial charge in [-0.05, 0) is 25.0 Å². The lowest BCUT2D eigenvalue weighted by Crippen LogP contribution is -2.01. The van der Waals surface area contributed by atoms with Crippen LogP contribution in [0.3, 0.4) is 0 Å². The molecule has 0 spiro atoms. The molecule has 0 aliphatic rings. The quantitative estimate of drug-likeness (QED) is 0.440. The molecule has 0 aromatic heterocycles. The first-order valence-electron chi connectivity index (χ1n) is 4.48. The van der Waals surface area contributed by atoms with Crippen LogP contribution < -0.4 is 4.74 Å². The molecule has 0 fully saturated rings. The first-order valence-corrected chi connectivity index (χ1v) is 6.40. The van der Waals surface area contributed by atoms with Gasteiger partial charge in [-0.15, -0.1) is 0 Å². The summed E-state index contributed by atoms with van der Waals surface area (Å²) in [6, 6.07) is 2.49. The molecule has 84 valence electrons. The third-order valence-corrected chi connectivity index (χ3v) is 2.76. The second kappa shape index (κ2) is 6.43. The van der Waals surface area contributed by atoms with Crippen molar-refractivity contribution in [3.8, 4) is 5.75 Å². The van der Waals surface area contributed by atoms with E-state index >= 15 is 0 Å². The Morgan fingerprint density at radius 3 is 2.60 bits per heavy atom. The van der Waals surface area contributed by atoms with E-state index in [0.717, 1.165) is 24.2 Å². The molecule has 0 amide bonds. The Morgan fingerprint density at radius 2 is 1.93 bits per heavy atom. The normalized spacial score (nSPS) is 10.4. The van der Waals surface area contributed by atoms with Crippen LogP contribution in [0, 0.1) is 11.6 Å². The molecule has 0 saturated heterocycles. The second-order valence-corrected chi connectivity index (χ2v) is 4.65. The van der Waals surface area contributed by atoms with Crippen LogP contribution in [0.15, 0.2) is 16.6 Å². The summed E-state index contributed by atoms with van der Waals surface area (Å²) in [4.78, 5) is 0. The minimum absolute atomic E-state index is 0.0450. The van der Waals surface area contributed by atoms with Crippen LogP contribution >= 0.6 is 31.9 Å². The molecule has 1 aromatic carbocycles. The van der Waals surface area contributed by atoms with Crippen LogP contribution in [-0.4, -0.2) is 11.9 Å². The molecule has 1 rings (SSSR count). The van der Waals surface area contributed by atoms with Gasteiger partial charge >= 0.3 is 0 Å². The summed E-state index contributed by atoms with van der Waals surface area (Å²) < 4.78 is 31.7. The highest BCUT2D eigenvalue weighted by Crippen LogP contribution is 2.25. The zero-order valence-electron chi connectivity index (χ0n) is 7.90. The molecule has 0 aliphatic heterocycles. The van der Waals surface area contributed by atoms with Crippen molar-refractivity contribution in [3.05, 3.63) is 28.2 Å². The van der Waals surface area contributed by atoms with Gasteiger partial charge in [0.15, 0.2) is 11.6 Å². The molecule has 1 aromatic rings. The second-order valence-electron chi connectivity index (χ2n) is 2.94. The van der Waals surface area contributed by atoms with Gasteiger partial charge in [-0.25, -0.2) is 4.39 Å². The highest BCUT2D eigenvalue weighted by atomic mass is 79.9. The lowest BCUT2D eigenvalue weighted by Gasteiger charge is -2.07. The Kier molecular flexibility index (Phi) is 5.53. The van der Waals surface area contributed by atoms with Crippen LogP contribution in [-0.2, 0) is 0 Å². The van der Waals surface area contributed by atoms with Crippen LogP contribution in [0.4, 0.5) is 8.78 Å². The van der Waals surface area contributed by atoms with Crippen molar-refractivity contribution in [2.75, 3.05) is 11.9 Å². The van der Waals surface area contributed by atoms with Gasteiger partial charge in [-0.3, -0.25) is 0 Å². The smallest absolute Gasteiger partial charge is 0.200 e. The first kappa shape index (κ1) is 12.9. The van der Waals surface area contributed by atoms with Crippen molar-refractivity contribution in [2.45, 2.75) is 12.8 Å². The minimum atomic E-state index is -0.933. The van der Waals surface area contributed by atoms with Gasteiger partial charge in [-0.1, -0.05) is 31.9 Å². The van der Waals surface area contributed by atoms with Crippen LogP contribution in [0.2, 0.25) is 0 Å². The maximum absolute atomic E-state index is 13.2. The van der Waals surface area contributed by atoms with Gasteiger partial charge in [0.1, 0.15) is 0 Å². The fraction of sp³-hybridized carbons (Fsp3) is 0.400. The van der Waals surface area contributed by atoms with Crippen LogP contribution in [0.1, 0.15) is 12.8 Å². The highest BCUT2D eigenvalue weighted by Gasteiger charge is 2.10. The monoisotopic (exact) mass is 342 g/mol. The lowest BCUT2D eigenvalue weighted by atomic mass is 10.3. The SMILES string of the molecule is Fc1cc(Br)cc(OCCCCBr)c1F. The fourth-order valence-corrected chi connectivity index (χ4v) is 1.82. The Hall–Kier alpha value is -0.160. The summed E-state index contributed by atoms with van der Waals surface area (Å²) in [5, 5.41) is 0.881. The topological polar surface area (TPSA) is 9.23 Å². The standard InChI is InChI=1S/C10H10Br2F2O/c11-3-1-2-4-15-9-6-7(12)5-8(13)10(9)14/h5-6H,1-4H2. The van der Waals surface area contributed by atoms with Crippen molar-refractivity contribution >= 4 is 31.9 Å². The van der Waals surface area contributed by atoms with E-state index in [9.17, 15) is 8.78 Å². The van der Waals surface area contributed by atoms with E-state index in [0.29, 0.717) is 11.1 Å². The van der Waals surface area contributed by atoms with E-state index in [1.807, 2.05) is 0 Å². The van der Waals surface area contributed by atoms with Crippen molar-refractivity contribution in [2.24, 2.45) is 0 Å². The molecule has 5 heteroatoms. The zero-order valence-corrected chi connectivity index (χ0v) is 11.1. The summed E-state index contributed by atoms with van der Waals surface area (Å²) >= 11 is 6.35. The number of hydrogen-bond donors (Lipinski definition) is 0. The van der Waals surface area contributed by atoms with Gasteiger partial charge in [0.05, 0.1) is 6.61 Å². The van der Waals surface area contributed by atoms with Crippen LogP contribution in [0.25, 0.3) is 0 Å². The Bertz CT molecular complexity index is 331. The number of hydrogen-bond acceptors (Lipinski definition) is 1. The van der Waals surface area contributed by atoms with Gasteiger partial charge in [0.2, 0.25) is 5.82 Å². The van der Waals surface area contributed by atoms with Gasteiger partial charge in [0, 0.05) is 9.80 Å². The molecule has 0 N–H and O–H groups in total. The van der Waals surface area contributed by atoms with Crippen LogP contribution in [0.5, 0.6) is 5.75 Å².